The normalized spacial score (nSPS) is 19.1. The van der Waals surface area contributed by atoms with Crippen molar-refractivity contribution in [2.45, 2.75) is 69.4 Å². The third kappa shape index (κ3) is 5.87. The van der Waals surface area contributed by atoms with Crippen molar-refractivity contribution in [1.29, 1.82) is 0 Å². The van der Waals surface area contributed by atoms with Crippen LogP contribution < -0.4 is 9.80 Å². The Labute approximate surface area is 472 Å². The van der Waals surface area contributed by atoms with Crippen LogP contribution in [0.5, 0.6) is 0 Å². The van der Waals surface area contributed by atoms with Crippen molar-refractivity contribution in [2.75, 3.05) is 9.80 Å². The molecule has 3 unspecified atom stereocenters. The first-order valence-corrected chi connectivity index (χ1v) is 29.5. The summed E-state index contributed by atoms with van der Waals surface area (Å²) >= 11 is 0. The molecule has 384 valence electrons. The van der Waals surface area contributed by atoms with Crippen molar-refractivity contribution in [2.24, 2.45) is 0 Å². The highest BCUT2D eigenvalue weighted by Gasteiger charge is 2.60. The highest BCUT2D eigenvalue weighted by Crippen LogP contribution is 2.68. The van der Waals surface area contributed by atoms with Crippen LogP contribution in [-0.2, 0) is 29.3 Å². The van der Waals surface area contributed by atoms with Gasteiger partial charge in [-0.05, 0) is 196 Å². The third-order valence-corrected chi connectivity index (χ3v) is 20.3. The quantitative estimate of drug-likeness (QED) is 0.133. The Kier molecular flexibility index (Phi) is 9.13. The molecule has 14 aromatic rings. The first-order valence-electron chi connectivity index (χ1n) is 29.5. The van der Waals surface area contributed by atoms with Gasteiger partial charge in [0, 0.05) is 34.3 Å². The molecule has 0 aromatic heterocycles. The van der Waals surface area contributed by atoms with E-state index in [2.05, 4.69) is 267 Å². The molecule has 81 heavy (non-hydrogen) atoms. The van der Waals surface area contributed by atoms with Crippen LogP contribution in [0.1, 0.15) is 87.4 Å². The number of hydrogen-bond donors (Lipinski definition) is 0. The molecule has 0 aliphatic heterocycles. The lowest BCUT2D eigenvalue weighted by atomic mass is 9.61. The predicted molar refractivity (Wildman–Crippen MR) is 340 cm³/mol. The second kappa shape index (κ2) is 16.2. The molecule has 4 aliphatic carbocycles. The first kappa shape index (κ1) is 45.6. The molecular weight excluding hydrogens is 977 g/mol. The first-order chi connectivity index (χ1) is 39.9. The van der Waals surface area contributed by atoms with Gasteiger partial charge in [-0.15, -0.1) is 0 Å². The van der Waals surface area contributed by atoms with Gasteiger partial charge in [-0.1, -0.05) is 213 Å². The number of rotatable bonds is 9. The molecular formula is C79H58N2. The average molecular weight is 1040 g/mol. The zero-order valence-electron chi connectivity index (χ0n) is 45.9. The van der Waals surface area contributed by atoms with Gasteiger partial charge in [0.25, 0.3) is 0 Å². The maximum Gasteiger partial charge on any atom is 0.0962 e. The smallest absolute Gasteiger partial charge is 0.0962 e. The minimum atomic E-state index is -0.584. The van der Waals surface area contributed by atoms with Crippen molar-refractivity contribution >= 4 is 87.4 Å². The van der Waals surface area contributed by atoms with E-state index in [-0.39, 0.29) is 11.1 Å². The minimum absolute atomic E-state index is 0.331. The Bertz CT molecular complexity index is 4930. The van der Waals surface area contributed by atoms with Gasteiger partial charge in [0.1, 0.15) is 0 Å². The number of para-hydroxylation sites is 2. The summed E-state index contributed by atoms with van der Waals surface area (Å²) in [4.78, 5) is 5.54. The summed E-state index contributed by atoms with van der Waals surface area (Å²) in [5, 5.41) is 15.8. The molecule has 2 nitrogen and oxygen atoms in total. The zero-order valence-corrected chi connectivity index (χ0v) is 45.9. The lowest BCUT2D eigenvalue weighted by Crippen LogP contribution is -2.53. The van der Waals surface area contributed by atoms with Crippen molar-refractivity contribution < 1.29 is 0 Å². The van der Waals surface area contributed by atoms with Crippen molar-refractivity contribution in [3.63, 3.8) is 0 Å². The third-order valence-electron chi connectivity index (χ3n) is 20.3. The number of aryl methyl sites for hydroxylation is 3. The Morgan fingerprint density at radius 2 is 0.901 bits per heavy atom. The maximum absolute atomic E-state index is 2.79. The van der Waals surface area contributed by atoms with Crippen molar-refractivity contribution in [1.82, 2.24) is 0 Å². The summed E-state index contributed by atoms with van der Waals surface area (Å²) in [5.74, 6) is 0. The van der Waals surface area contributed by atoms with E-state index in [1.54, 1.807) is 0 Å². The highest BCUT2D eigenvalue weighted by atomic mass is 15.2. The average Bonchev–Trinajstić information content (AvgIpc) is 2.58. The van der Waals surface area contributed by atoms with E-state index in [1.807, 2.05) is 0 Å². The molecule has 0 heterocycles. The SMILES string of the molecule is CCCC1(N(c2ccccc2)c2ccc3ccc4cccc5ccc2c3c45)c2cc3c(cc21)C1(c2ccc(C)cc2)c2ccc(C)c(c2)CCC2(N(c4ccccc4)c4ccc5ccc6cccc7ccc4c5c67)Cc4cc-3c1cc42. The summed E-state index contributed by atoms with van der Waals surface area (Å²) in [6.07, 6.45) is 4.91. The minimum Gasteiger partial charge on any atom is -0.330 e. The van der Waals surface area contributed by atoms with Gasteiger partial charge in [0.15, 0.2) is 0 Å². The molecule has 4 aliphatic rings. The predicted octanol–water partition coefficient (Wildman–Crippen LogP) is 20.2. The molecule has 2 heteroatoms. The highest BCUT2D eigenvalue weighted by molar-refractivity contribution is 6.27. The van der Waals surface area contributed by atoms with E-state index in [9.17, 15) is 0 Å². The number of hydrogen-bond acceptors (Lipinski definition) is 2. The Hall–Kier alpha value is -9.24. The Balaban J connectivity index is 0.900. The second-order valence-electron chi connectivity index (χ2n) is 24.3. The fraction of sp³-hybridized carbons (Fsp3) is 0.139. The van der Waals surface area contributed by atoms with Crippen molar-refractivity contribution in [3.05, 3.63) is 298 Å². The molecule has 0 fully saturated rings. The summed E-state index contributed by atoms with van der Waals surface area (Å²) in [6, 6.07) is 92.5. The van der Waals surface area contributed by atoms with Crippen LogP contribution in [0.3, 0.4) is 0 Å². The summed E-state index contributed by atoms with van der Waals surface area (Å²) in [5.41, 5.74) is 21.8. The summed E-state index contributed by atoms with van der Waals surface area (Å²) in [6.45, 7) is 6.96. The van der Waals surface area contributed by atoms with Gasteiger partial charge >= 0.3 is 0 Å². The fourth-order valence-corrected chi connectivity index (χ4v) is 16.7. The van der Waals surface area contributed by atoms with E-state index in [4.69, 9.17) is 0 Å². The molecule has 4 bridgehead atoms. The van der Waals surface area contributed by atoms with Crippen molar-refractivity contribution in [3.8, 4) is 11.1 Å². The van der Waals surface area contributed by atoms with Crippen LogP contribution in [0.25, 0.3) is 75.8 Å². The standard InChI is InChI=1S/C79H58N2/c1-4-40-78(81(61-19-9-6-10-20-61)72-38-31-55-27-25-51-14-12-16-53-29-36-63(72)76(55)74(51)53)69-44-65-64-43-57-47-77(80(60-17-7-5-8-18-60)71-37-30-54-26-24-50-13-11-15-52-28-35-62(71)75(54)73(50)52)41-39-56-42-59(34-23-49(56)3)79(67(64)45-66(57)77,68(65)46-70(69)78)58-32-21-48(2)22-33-58/h5-38,42-46H,4,39-41,47H2,1-3H3. The van der Waals surface area contributed by atoms with E-state index in [0.29, 0.717) is 0 Å². The molecule has 18 rings (SSSR count). The van der Waals surface area contributed by atoms with Crippen LogP contribution in [-0.4, -0.2) is 0 Å². The molecule has 0 radical (unpaired) electrons. The van der Waals surface area contributed by atoms with Gasteiger partial charge in [-0.3, -0.25) is 0 Å². The fourth-order valence-electron chi connectivity index (χ4n) is 16.7. The zero-order chi connectivity index (χ0) is 53.5. The second-order valence-corrected chi connectivity index (χ2v) is 24.3. The van der Waals surface area contributed by atoms with Gasteiger partial charge in [-0.2, -0.15) is 0 Å². The number of fused-ring (bicyclic) bond motifs is 7. The number of anilines is 4. The molecule has 0 spiro atoms. The molecule has 14 aromatic carbocycles. The van der Waals surface area contributed by atoms with E-state index < -0.39 is 5.41 Å². The molecule has 3 atom stereocenters. The lowest BCUT2D eigenvalue weighted by Gasteiger charge is -2.54. The van der Waals surface area contributed by atoms with Gasteiger partial charge in [0.05, 0.1) is 22.2 Å². The molecule has 0 N–H and O–H groups in total. The van der Waals surface area contributed by atoms with Crippen LogP contribution in [0.4, 0.5) is 22.7 Å². The Morgan fingerprint density at radius 1 is 0.395 bits per heavy atom. The molecule has 0 saturated carbocycles. The molecule has 0 saturated heterocycles. The van der Waals surface area contributed by atoms with Crippen LogP contribution in [0.2, 0.25) is 0 Å². The van der Waals surface area contributed by atoms with E-state index in [0.717, 1.165) is 32.1 Å². The van der Waals surface area contributed by atoms with Crippen LogP contribution in [0, 0.1) is 13.8 Å². The summed E-state index contributed by atoms with van der Waals surface area (Å²) < 4.78 is 0. The largest absolute Gasteiger partial charge is 0.330 e. The van der Waals surface area contributed by atoms with Gasteiger partial charge in [-0.25, -0.2) is 0 Å². The Morgan fingerprint density at radius 3 is 1.51 bits per heavy atom. The number of nitrogens with zero attached hydrogens (tertiary/aromatic N) is 2. The van der Waals surface area contributed by atoms with Crippen LogP contribution >= 0.6 is 0 Å². The topological polar surface area (TPSA) is 6.48 Å². The lowest BCUT2D eigenvalue weighted by molar-refractivity contribution is 0.347. The summed E-state index contributed by atoms with van der Waals surface area (Å²) in [7, 11) is 0. The van der Waals surface area contributed by atoms with Gasteiger partial charge < -0.3 is 9.80 Å². The maximum atomic E-state index is 2.79. The van der Waals surface area contributed by atoms with E-state index >= 15 is 0 Å². The monoisotopic (exact) mass is 1030 g/mol. The van der Waals surface area contributed by atoms with E-state index in [1.165, 1.54) is 160 Å². The van der Waals surface area contributed by atoms with Crippen LogP contribution in [0.15, 0.2) is 237 Å². The van der Waals surface area contributed by atoms with Gasteiger partial charge in [0.2, 0.25) is 0 Å². The molecule has 0 amide bonds. The number of benzene rings is 14.